The second kappa shape index (κ2) is 6.69. The molecule has 1 aliphatic rings. The summed E-state index contributed by atoms with van der Waals surface area (Å²) in [6, 6.07) is 0. The molecule has 3 nitrogen and oxygen atoms in total. The highest BCUT2D eigenvalue weighted by Gasteiger charge is 2.58. The average molecular weight is 376 g/mol. The van der Waals surface area contributed by atoms with Crippen LogP contribution < -0.4 is 0 Å². The number of halogens is 5. The lowest BCUT2D eigenvalue weighted by atomic mass is 9.97. The van der Waals surface area contributed by atoms with Crippen LogP contribution in [0.3, 0.4) is 0 Å². The fourth-order valence-electron chi connectivity index (χ4n) is 3.52. The summed E-state index contributed by atoms with van der Waals surface area (Å²) in [6.07, 6.45) is 2.23. The molecule has 144 valence electrons. The zero-order chi connectivity index (χ0) is 20.0. The standard InChI is InChI=1S/C18H21F5N2O/c1-17(2,26)5-10-11(18(10,3)4)7-25(8-24)6-9-12(19)14(21)16(23)15(22)13(9)20/h10-11,26H,5-7H2,1-4H3/t10-,11+/m0/s1. The topological polar surface area (TPSA) is 47.3 Å². The molecule has 26 heavy (non-hydrogen) atoms. The summed E-state index contributed by atoms with van der Waals surface area (Å²) in [5.41, 5.74) is -2.14. The summed E-state index contributed by atoms with van der Waals surface area (Å²) >= 11 is 0. The summed E-state index contributed by atoms with van der Waals surface area (Å²) in [4.78, 5) is 0.981. The largest absolute Gasteiger partial charge is 0.390 e. The van der Waals surface area contributed by atoms with E-state index in [-0.39, 0.29) is 23.8 Å². The molecule has 0 bridgehead atoms. The molecule has 1 aromatic carbocycles. The number of aliphatic hydroxyl groups is 1. The molecule has 1 fully saturated rings. The summed E-state index contributed by atoms with van der Waals surface area (Å²) in [5, 5.41) is 19.2. The van der Waals surface area contributed by atoms with Gasteiger partial charge in [-0.15, -0.1) is 0 Å². The highest BCUT2D eigenvalue weighted by molar-refractivity contribution is 5.24. The first-order valence-corrected chi connectivity index (χ1v) is 8.18. The summed E-state index contributed by atoms with van der Waals surface area (Å²) in [6.45, 7) is 6.60. The van der Waals surface area contributed by atoms with E-state index in [2.05, 4.69) is 0 Å². The second-order valence-corrected chi connectivity index (χ2v) is 8.08. The molecule has 1 aromatic rings. The van der Waals surface area contributed by atoms with Crippen molar-refractivity contribution in [3.63, 3.8) is 0 Å². The van der Waals surface area contributed by atoms with Crippen LogP contribution in [0.15, 0.2) is 0 Å². The number of hydrogen-bond donors (Lipinski definition) is 1. The molecule has 1 N–H and O–H groups in total. The minimum absolute atomic E-state index is 0.0464. The third-order valence-electron chi connectivity index (χ3n) is 5.22. The Morgan fingerprint density at radius 2 is 1.46 bits per heavy atom. The first kappa shape index (κ1) is 20.4. The molecule has 1 saturated carbocycles. The van der Waals surface area contributed by atoms with Crippen LogP contribution >= 0.6 is 0 Å². The van der Waals surface area contributed by atoms with Crippen molar-refractivity contribution in [3.05, 3.63) is 34.6 Å². The Kier molecular flexibility index (Phi) is 5.26. The number of rotatable bonds is 6. The lowest BCUT2D eigenvalue weighted by molar-refractivity contribution is 0.0599. The monoisotopic (exact) mass is 376 g/mol. The van der Waals surface area contributed by atoms with E-state index in [0.717, 1.165) is 4.90 Å². The van der Waals surface area contributed by atoms with Gasteiger partial charge in [-0.1, -0.05) is 13.8 Å². The molecule has 0 aliphatic heterocycles. The van der Waals surface area contributed by atoms with Gasteiger partial charge in [0.2, 0.25) is 5.82 Å². The molecule has 0 aromatic heterocycles. The number of hydrogen-bond acceptors (Lipinski definition) is 3. The Labute approximate surface area is 149 Å². The predicted molar refractivity (Wildman–Crippen MR) is 83.9 cm³/mol. The smallest absolute Gasteiger partial charge is 0.200 e. The summed E-state index contributed by atoms with van der Waals surface area (Å²) < 4.78 is 67.4. The molecule has 8 heteroatoms. The summed E-state index contributed by atoms with van der Waals surface area (Å²) in [7, 11) is 0. The van der Waals surface area contributed by atoms with Crippen molar-refractivity contribution < 1.29 is 27.1 Å². The maximum absolute atomic E-state index is 13.8. The normalized spacial score (nSPS) is 21.4. The lowest BCUT2D eigenvalue weighted by Gasteiger charge is -2.19. The molecule has 1 aliphatic carbocycles. The second-order valence-electron chi connectivity index (χ2n) is 8.08. The van der Waals surface area contributed by atoms with E-state index >= 15 is 0 Å². The van der Waals surface area contributed by atoms with E-state index in [9.17, 15) is 32.3 Å². The van der Waals surface area contributed by atoms with Crippen molar-refractivity contribution in [2.75, 3.05) is 6.54 Å². The van der Waals surface area contributed by atoms with E-state index in [1.807, 2.05) is 13.8 Å². The number of benzene rings is 1. The fourth-order valence-corrected chi connectivity index (χ4v) is 3.52. The predicted octanol–water partition coefficient (Wildman–Crippen LogP) is 4.10. The van der Waals surface area contributed by atoms with Crippen molar-refractivity contribution in [1.82, 2.24) is 4.90 Å². The molecule has 0 unspecified atom stereocenters. The van der Waals surface area contributed by atoms with Crippen LogP contribution in [0.2, 0.25) is 0 Å². The van der Waals surface area contributed by atoms with Crippen LogP contribution in [0.25, 0.3) is 0 Å². The molecule has 2 rings (SSSR count). The van der Waals surface area contributed by atoms with E-state index in [0.29, 0.717) is 6.42 Å². The number of nitrogens with zero attached hydrogens (tertiary/aromatic N) is 2. The van der Waals surface area contributed by atoms with Crippen LogP contribution in [-0.2, 0) is 6.54 Å². The van der Waals surface area contributed by atoms with Gasteiger partial charge in [0.25, 0.3) is 0 Å². The molecule has 0 heterocycles. The maximum Gasteiger partial charge on any atom is 0.200 e. The van der Waals surface area contributed by atoms with Gasteiger partial charge in [-0.2, -0.15) is 5.26 Å². The highest BCUT2D eigenvalue weighted by atomic mass is 19.2. The van der Waals surface area contributed by atoms with Crippen LogP contribution in [0.1, 0.15) is 39.7 Å². The number of nitriles is 1. The van der Waals surface area contributed by atoms with Crippen LogP contribution in [0.5, 0.6) is 0 Å². The molecule has 0 saturated heterocycles. The molecular weight excluding hydrogens is 355 g/mol. The van der Waals surface area contributed by atoms with Crippen molar-refractivity contribution >= 4 is 0 Å². The Morgan fingerprint density at radius 3 is 1.88 bits per heavy atom. The van der Waals surface area contributed by atoms with Crippen LogP contribution in [0, 0.1) is 57.8 Å². The van der Waals surface area contributed by atoms with E-state index in [1.54, 1.807) is 20.0 Å². The molecular formula is C18H21F5N2O. The van der Waals surface area contributed by atoms with Gasteiger partial charge < -0.3 is 10.0 Å². The van der Waals surface area contributed by atoms with E-state index in [1.165, 1.54) is 0 Å². The van der Waals surface area contributed by atoms with Gasteiger partial charge in [0, 0.05) is 12.1 Å². The van der Waals surface area contributed by atoms with Gasteiger partial charge >= 0.3 is 0 Å². The quantitative estimate of drug-likeness (QED) is 0.267. The molecule has 0 spiro atoms. The summed E-state index contributed by atoms with van der Waals surface area (Å²) in [5.74, 6) is -10.1. The Morgan fingerprint density at radius 1 is 1.00 bits per heavy atom. The Bertz CT molecular complexity index is 722. The highest BCUT2D eigenvalue weighted by Crippen LogP contribution is 2.61. The van der Waals surface area contributed by atoms with Gasteiger partial charge in [-0.25, -0.2) is 22.0 Å². The van der Waals surface area contributed by atoms with Gasteiger partial charge in [-0.3, -0.25) is 0 Å². The third-order valence-corrected chi connectivity index (χ3v) is 5.22. The SMILES string of the molecule is CC(C)(O)C[C@H]1[C@@H](CN(C#N)Cc2c(F)c(F)c(F)c(F)c2F)C1(C)C. The molecule has 0 amide bonds. The first-order chi connectivity index (χ1) is 11.8. The van der Waals surface area contributed by atoms with Gasteiger partial charge in [0.1, 0.15) is 0 Å². The molecule has 2 atom stereocenters. The Balaban J connectivity index is 2.19. The van der Waals surface area contributed by atoms with Crippen molar-refractivity contribution in [3.8, 4) is 6.19 Å². The van der Waals surface area contributed by atoms with Crippen molar-refractivity contribution in [1.29, 1.82) is 5.26 Å². The van der Waals surface area contributed by atoms with E-state index in [4.69, 9.17) is 0 Å². The third kappa shape index (κ3) is 3.78. The van der Waals surface area contributed by atoms with Crippen LogP contribution in [-0.4, -0.2) is 22.2 Å². The minimum Gasteiger partial charge on any atom is -0.390 e. The first-order valence-electron chi connectivity index (χ1n) is 8.18. The van der Waals surface area contributed by atoms with Gasteiger partial charge in [0.05, 0.1) is 12.1 Å². The average Bonchev–Trinajstić information content (AvgIpc) is 3.03. The zero-order valence-electron chi connectivity index (χ0n) is 15.0. The Hall–Kier alpha value is -1.88. The minimum atomic E-state index is -2.22. The van der Waals surface area contributed by atoms with Crippen molar-refractivity contribution in [2.24, 2.45) is 17.3 Å². The van der Waals surface area contributed by atoms with Gasteiger partial charge in [0.15, 0.2) is 29.5 Å². The lowest BCUT2D eigenvalue weighted by Crippen LogP contribution is -2.24. The maximum atomic E-state index is 13.8. The van der Waals surface area contributed by atoms with Crippen LogP contribution in [0.4, 0.5) is 22.0 Å². The van der Waals surface area contributed by atoms with Crippen molar-refractivity contribution in [2.45, 2.75) is 46.3 Å². The van der Waals surface area contributed by atoms with Gasteiger partial charge in [-0.05, 0) is 37.5 Å². The fraction of sp³-hybridized carbons (Fsp3) is 0.611. The zero-order valence-corrected chi connectivity index (χ0v) is 15.0. The molecule has 0 radical (unpaired) electrons. The van der Waals surface area contributed by atoms with E-state index < -0.39 is 46.8 Å².